The van der Waals surface area contributed by atoms with Gasteiger partial charge in [0.1, 0.15) is 5.75 Å². The van der Waals surface area contributed by atoms with Crippen molar-refractivity contribution >= 4 is 28.8 Å². The predicted octanol–water partition coefficient (Wildman–Crippen LogP) is 6.24. The van der Waals surface area contributed by atoms with Gasteiger partial charge in [0.15, 0.2) is 34.7 Å². The lowest BCUT2D eigenvalue weighted by atomic mass is 10.1. The third-order valence-electron chi connectivity index (χ3n) is 6.92. The Bertz CT molecular complexity index is 1650. The molecule has 0 saturated carbocycles. The van der Waals surface area contributed by atoms with Gasteiger partial charge in [0.25, 0.3) is 0 Å². The summed E-state index contributed by atoms with van der Waals surface area (Å²) < 4.78 is 59.4. The van der Waals surface area contributed by atoms with Crippen LogP contribution >= 0.6 is 0 Å². The smallest absolute Gasteiger partial charge is 0.340 e. The summed E-state index contributed by atoms with van der Waals surface area (Å²) in [6.45, 7) is 3.77. The van der Waals surface area contributed by atoms with Crippen molar-refractivity contribution in [2.45, 2.75) is 19.3 Å². The number of carbonyl (C=O) groups excluding carboxylic acids is 1. The number of rotatable bonds is 11. The molecule has 1 aliphatic heterocycles. The second kappa shape index (κ2) is 13.4. The first-order chi connectivity index (χ1) is 20.8. The number of primary amides is 1. The van der Waals surface area contributed by atoms with Crippen LogP contribution in [0, 0.1) is 17.5 Å². The lowest BCUT2D eigenvalue weighted by Crippen LogP contribution is -2.31. The van der Waals surface area contributed by atoms with Crippen molar-refractivity contribution < 1.29 is 32.2 Å². The molecule has 4 aromatic rings. The van der Waals surface area contributed by atoms with Gasteiger partial charge in [-0.05, 0) is 74.3 Å². The lowest BCUT2D eigenvalue weighted by Gasteiger charge is -2.17. The molecule has 0 aliphatic carbocycles. The van der Waals surface area contributed by atoms with E-state index in [1.54, 1.807) is 18.2 Å². The minimum absolute atomic E-state index is 0.0102. The van der Waals surface area contributed by atoms with Gasteiger partial charge in [-0.3, -0.25) is 4.98 Å². The maximum Gasteiger partial charge on any atom is 0.340 e. The van der Waals surface area contributed by atoms with E-state index >= 15 is 4.39 Å². The number of amides is 2. The van der Waals surface area contributed by atoms with Gasteiger partial charge in [-0.15, -0.1) is 0 Å². The van der Waals surface area contributed by atoms with E-state index in [9.17, 15) is 13.6 Å². The van der Waals surface area contributed by atoms with Crippen molar-refractivity contribution in [1.82, 2.24) is 9.88 Å². The van der Waals surface area contributed by atoms with Crippen molar-refractivity contribution in [3.63, 3.8) is 0 Å². The first kappa shape index (κ1) is 29.6. The lowest BCUT2D eigenvalue weighted by molar-refractivity contribution is 0.254. The summed E-state index contributed by atoms with van der Waals surface area (Å²) in [5.41, 5.74) is 6.15. The van der Waals surface area contributed by atoms with Gasteiger partial charge in [0, 0.05) is 30.3 Å². The van der Waals surface area contributed by atoms with E-state index in [0.29, 0.717) is 39.8 Å². The Balaban J connectivity index is 1.32. The van der Waals surface area contributed by atoms with Crippen molar-refractivity contribution in [1.29, 1.82) is 0 Å². The number of nitrogens with two attached hydrogens (primary N) is 1. The first-order valence-corrected chi connectivity index (χ1v) is 13.7. The monoisotopic (exact) mass is 593 g/mol. The number of hydrogen-bond acceptors (Lipinski definition) is 7. The van der Waals surface area contributed by atoms with E-state index in [1.165, 1.54) is 44.3 Å². The number of likely N-dealkylation sites (tertiary alicyclic amines) is 1. The minimum Gasteiger partial charge on any atom is -0.493 e. The maximum atomic E-state index is 15.2. The number of ether oxygens (including phenoxy) is 3. The van der Waals surface area contributed by atoms with E-state index in [-0.39, 0.29) is 17.0 Å². The number of benzene rings is 3. The highest BCUT2D eigenvalue weighted by Crippen LogP contribution is 2.38. The van der Waals surface area contributed by atoms with Crippen LogP contribution in [0.1, 0.15) is 24.8 Å². The largest absolute Gasteiger partial charge is 0.493 e. The average Bonchev–Trinajstić information content (AvgIpc) is 3.52. The molecule has 12 heteroatoms. The van der Waals surface area contributed by atoms with Gasteiger partial charge in [-0.2, -0.15) is 10.1 Å². The number of aromatic nitrogens is 1. The van der Waals surface area contributed by atoms with Crippen molar-refractivity contribution in [3.05, 3.63) is 83.8 Å². The van der Waals surface area contributed by atoms with Crippen LogP contribution in [0.2, 0.25) is 0 Å². The number of fused-ring (bicyclic) bond motifs is 1. The van der Waals surface area contributed by atoms with Crippen molar-refractivity contribution in [2.24, 2.45) is 10.8 Å². The van der Waals surface area contributed by atoms with Crippen LogP contribution in [-0.2, 0) is 0 Å². The number of nitrogens with zero attached hydrogens (tertiary/aromatic N) is 4. The summed E-state index contributed by atoms with van der Waals surface area (Å²) in [5.74, 6) is -1.70. The van der Waals surface area contributed by atoms with Crippen LogP contribution in [0.3, 0.4) is 0 Å². The average molecular weight is 594 g/mol. The molecule has 5 rings (SSSR count). The summed E-state index contributed by atoms with van der Waals surface area (Å²) >= 11 is 0. The molecule has 0 spiro atoms. The second-order valence-electron chi connectivity index (χ2n) is 9.87. The number of hydrazone groups is 1. The van der Waals surface area contributed by atoms with Crippen molar-refractivity contribution in [2.75, 3.05) is 38.4 Å². The van der Waals surface area contributed by atoms with E-state index in [2.05, 4.69) is 15.0 Å². The highest BCUT2D eigenvalue weighted by atomic mass is 19.2. The topological polar surface area (TPSA) is 103 Å². The fourth-order valence-corrected chi connectivity index (χ4v) is 4.76. The number of methoxy groups -OCH3 is 1. The van der Waals surface area contributed by atoms with Gasteiger partial charge in [-0.25, -0.2) is 18.0 Å². The summed E-state index contributed by atoms with van der Waals surface area (Å²) in [6.07, 6.45) is 6.00. The molecule has 2 N–H and O–H groups in total. The Morgan fingerprint density at radius 2 is 1.79 bits per heavy atom. The molecule has 3 aromatic carbocycles. The molecule has 0 radical (unpaired) electrons. The summed E-state index contributed by atoms with van der Waals surface area (Å²) in [7, 11) is 1.53. The third kappa shape index (κ3) is 7.15. The van der Waals surface area contributed by atoms with E-state index in [1.807, 2.05) is 0 Å². The van der Waals surface area contributed by atoms with Gasteiger partial charge >= 0.3 is 6.03 Å². The van der Waals surface area contributed by atoms with Gasteiger partial charge in [-0.1, -0.05) is 6.07 Å². The zero-order valence-electron chi connectivity index (χ0n) is 23.4. The molecule has 1 aromatic heterocycles. The summed E-state index contributed by atoms with van der Waals surface area (Å²) in [6, 6.07) is 10.8. The van der Waals surface area contributed by atoms with E-state index in [4.69, 9.17) is 19.9 Å². The molecule has 1 saturated heterocycles. The van der Waals surface area contributed by atoms with E-state index < -0.39 is 23.5 Å². The minimum atomic E-state index is -1.08. The molecule has 0 atom stereocenters. The standard InChI is InChI=1S/C31H30F3N5O4/c1-41-29-17-22-26(18-30(29)42-14-4-13-38-11-2-3-12-38)36-10-9-27(22)43-28-8-6-21(16-25(28)34)39(31(35)40)37-19-20-5-7-23(32)24(33)15-20/h5-10,15-19H,2-4,11-14H2,1H3,(H2,35,40)/b37-19+. The van der Waals surface area contributed by atoms with Crippen LogP contribution < -0.4 is 25.0 Å². The Morgan fingerprint density at radius 1 is 0.977 bits per heavy atom. The number of pyridine rings is 1. The fraction of sp³-hybridized carbons (Fsp3) is 0.258. The van der Waals surface area contributed by atoms with Crippen LogP contribution in [0.25, 0.3) is 10.9 Å². The maximum absolute atomic E-state index is 15.2. The van der Waals surface area contributed by atoms with Gasteiger partial charge in [0.05, 0.1) is 31.1 Å². The summed E-state index contributed by atoms with van der Waals surface area (Å²) in [5, 5.41) is 5.19. The van der Waals surface area contributed by atoms with Crippen LogP contribution in [0.5, 0.6) is 23.0 Å². The highest BCUT2D eigenvalue weighted by Gasteiger charge is 2.17. The zero-order chi connectivity index (χ0) is 30.3. The first-order valence-electron chi connectivity index (χ1n) is 13.7. The number of hydrogen-bond donors (Lipinski definition) is 1. The SMILES string of the molecule is COc1cc2c(Oc3ccc(N(/N=C/c4ccc(F)c(F)c4)C(N)=O)cc3F)ccnc2cc1OCCCN1CCCC1. The third-order valence-corrected chi connectivity index (χ3v) is 6.92. The Kier molecular flexibility index (Phi) is 9.26. The normalized spacial score (nSPS) is 13.5. The van der Waals surface area contributed by atoms with Crippen LogP contribution in [0.15, 0.2) is 65.9 Å². The Labute approximate surface area is 246 Å². The fourth-order valence-electron chi connectivity index (χ4n) is 4.76. The molecule has 1 fully saturated rings. The quantitative estimate of drug-likeness (QED) is 0.126. The Morgan fingerprint density at radius 3 is 2.51 bits per heavy atom. The highest BCUT2D eigenvalue weighted by molar-refractivity contribution is 5.93. The predicted molar refractivity (Wildman–Crippen MR) is 157 cm³/mol. The Hall–Kier alpha value is -4.84. The molecular weight excluding hydrogens is 563 g/mol. The molecule has 43 heavy (non-hydrogen) atoms. The number of urea groups is 1. The molecule has 2 heterocycles. The number of anilines is 1. The van der Waals surface area contributed by atoms with E-state index in [0.717, 1.165) is 50.5 Å². The molecule has 2 amide bonds. The molecule has 0 unspecified atom stereocenters. The molecule has 224 valence electrons. The molecule has 0 bridgehead atoms. The van der Waals surface area contributed by atoms with Gasteiger partial charge < -0.3 is 24.8 Å². The molecule has 9 nitrogen and oxygen atoms in total. The summed E-state index contributed by atoms with van der Waals surface area (Å²) in [4.78, 5) is 18.9. The number of halogens is 3. The van der Waals surface area contributed by atoms with Gasteiger partial charge in [0.2, 0.25) is 0 Å². The zero-order valence-corrected chi connectivity index (χ0v) is 23.4. The van der Waals surface area contributed by atoms with Crippen LogP contribution in [-0.4, -0.2) is 55.5 Å². The van der Waals surface area contributed by atoms with Crippen molar-refractivity contribution in [3.8, 4) is 23.0 Å². The number of carbonyl (C=O) groups is 1. The molecular formula is C31H30F3N5O4. The van der Waals surface area contributed by atoms with Crippen LogP contribution in [0.4, 0.5) is 23.7 Å². The molecule has 1 aliphatic rings. The second-order valence-corrected chi connectivity index (χ2v) is 9.87.